The van der Waals surface area contributed by atoms with E-state index in [2.05, 4.69) is 29.1 Å². The van der Waals surface area contributed by atoms with E-state index in [9.17, 15) is 9.59 Å². The zero-order valence-corrected chi connectivity index (χ0v) is 16.4. The van der Waals surface area contributed by atoms with Gasteiger partial charge in [0, 0.05) is 31.1 Å². The van der Waals surface area contributed by atoms with Gasteiger partial charge in [0.1, 0.15) is 5.65 Å². The first-order valence-electron chi connectivity index (χ1n) is 9.67. The third-order valence-electron chi connectivity index (χ3n) is 4.95. The number of nitrogens with one attached hydrogen (secondary N) is 1. The van der Waals surface area contributed by atoms with Crippen molar-refractivity contribution in [1.29, 1.82) is 0 Å². The molecule has 3 aromatic heterocycles. The summed E-state index contributed by atoms with van der Waals surface area (Å²) < 4.78 is 1.44. The summed E-state index contributed by atoms with van der Waals surface area (Å²) in [5.74, 6) is 0.0847. The molecule has 0 saturated heterocycles. The minimum absolute atomic E-state index is 0.171. The third-order valence-corrected chi connectivity index (χ3v) is 4.95. The Bertz CT molecular complexity index is 1250. The summed E-state index contributed by atoms with van der Waals surface area (Å²) in [6, 6.07) is 14.9. The van der Waals surface area contributed by atoms with Crippen molar-refractivity contribution in [1.82, 2.24) is 19.7 Å². The van der Waals surface area contributed by atoms with Crippen molar-refractivity contribution in [3.63, 3.8) is 0 Å². The van der Waals surface area contributed by atoms with Gasteiger partial charge in [0.25, 0.3) is 11.5 Å². The van der Waals surface area contributed by atoms with Gasteiger partial charge in [0.05, 0.1) is 16.5 Å². The molecule has 3 heterocycles. The Morgan fingerprint density at radius 1 is 1.14 bits per heavy atom. The minimum Gasteiger partial charge on any atom is -0.352 e. The van der Waals surface area contributed by atoms with Gasteiger partial charge < -0.3 is 5.32 Å². The van der Waals surface area contributed by atoms with Crippen LogP contribution in [0.3, 0.4) is 0 Å². The number of carbonyl (C=O) groups is 1. The van der Waals surface area contributed by atoms with Crippen LogP contribution in [0.2, 0.25) is 0 Å². The van der Waals surface area contributed by atoms with Crippen molar-refractivity contribution in [3.05, 3.63) is 88.1 Å². The molecule has 0 aliphatic carbocycles. The molecule has 6 nitrogen and oxygen atoms in total. The zero-order chi connectivity index (χ0) is 20.4. The van der Waals surface area contributed by atoms with E-state index < -0.39 is 0 Å². The highest BCUT2D eigenvalue weighted by Gasteiger charge is 2.11. The lowest BCUT2D eigenvalue weighted by Crippen LogP contribution is -2.27. The van der Waals surface area contributed by atoms with Gasteiger partial charge in [-0.3, -0.25) is 19.0 Å². The number of hydrogen-bond donors (Lipinski definition) is 1. The molecule has 146 valence electrons. The number of fused-ring (bicyclic) bond motifs is 2. The number of aromatic nitrogens is 3. The maximum Gasteiger partial charge on any atom is 0.265 e. The van der Waals surface area contributed by atoms with Crippen molar-refractivity contribution in [2.75, 3.05) is 6.54 Å². The van der Waals surface area contributed by atoms with Gasteiger partial charge in [-0.25, -0.2) is 4.98 Å². The molecule has 1 N–H and O–H groups in total. The fraction of sp³-hybridized carbons (Fsp3) is 0.217. The first-order chi connectivity index (χ1) is 14.0. The highest BCUT2D eigenvalue weighted by Crippen LogP contribution is 2.19. The smallest absolute Gasteiger partial charge is 0.265 e. The van der Waals surface area contributed by atoms with Crippen LogP contribution < -0.4 is 10.9 Å². The van der Waals surface area contributed by atoms with Crippen LogP contribution in [0.25, 0.3) is 16.6 Å². The first kappa shape index (κ1) is 18.8. The van der Waals surface area contributed by atoms with E-state index in [1.54, 1.807) is 24.5 Å². The molecule has 6 heteroatoms. The Balaban J connectivity index is 1.62. The summed E-state index contributed by atoms with van der Waals surface area (Å²) in [5.41, 5.74) is 3.42. The maximum absolute atomic E-state index is 13.0. The second-order valence-corrected chi connectivity index (χ2v) is 7.32. The number of nitrogens with zero attached hydrogens (tertiary/aromatic N) is 3. The van der Waals surface area contributed by atoms with Crippen LogP contribution in [0.4, 0.5) is 0 Å². The first-order valence-corrected chi connectivity index (χ1v) is 9.67. The summed E-state index contributed by atoms with van der Waals surface area (Å²) in [6.07, 6.45) is 3.93. The Hall–Kier alpha value is -3.54. The van der Waals surface area contributed by atoms with Crippen molar-refractivity contribution < 1.29 is 4.79 Å². The predicted molar refractivity (Wildman–Crippen MR) is 113 cm³/mol. The van der Waals surface area contributed by atoms with Crippen LogP contribution in [0.15, 0.2) is 65.7 Å². The van der Waals surface area contributed by atoms with Gasteiger partial charge in [-0.05, 0) is 47.9 Å². The molecule has 0 atom stereocenters. The van der Waals surface area contributed by atoms with Crippen molar-refractivity contribution in [3.8, 4) is 0 Å². The molecule has 0 spiro atoms. The molecular weight excluding hydrogens is 364 g/mol. The Morgan fingerprint density at radius 2 is 2.00 bits per heavy atom. The third kappa shape index (κ3) is 3.87. The van der Waals surface area contributed by atoms with E-state index in [4.69, 9.17) is 0 Å². The highest BCUT2D eigenvalue weighted by molar-refractivity contribution is 5.94. The Morgan fingerprint density at radius 3 is 2.76 bits per heavy atom. The van der Waals surface area contributed by atoms with E-state index >= 15 is 0 Å². The molecule has 0 saturated carbocycles. The molecule has 29 heavy (non-hydrogen) atoms. The molecule has 0 unspecified atom stereocenters. The lowest BCUT2D eigenvalue weighted by molar-refractivity contribution is 0.0953. The Labute approximate surface area is 168 Å². The molecule has 1 aromatic carbocycles. The van der Waals surface area contributed by atoms with Gasteiger partial charge in [0.2, 0.25) is 0 Å². The van der Waals surface area contributed by atoms with Crippen LogP contribution in [0.1, 0.15) is 41.4 Å². The summed E-state index contributed by atoms with van der Waals surface area (Å²) >= 11 is 0. The number of pyridine rings is 2. The molecule has 0 aliphatic rings. The molecule has 0 aliphatic heterocycles. The summed E-state index contributed by atoms with van der Waals surface area (Å²) in [4.78, 5) is 34.4. The van der Waals surface area contributed by atoms with Crippen molar-refractivity contribution in [2.24, 2.45) is 0 Å². The number of hydrogen-bond acceptors (Lipinski definition) is 4. The second kappa shape index (κ2) is 7.83. The van der Waals surface area contributed by atoms with Crippen LogP contribution in [0, 0.1) is 0 Å². The molecule has 1 amide bonds. The lowest BCUT2D eigenvalue weighted by Gasteiger charge is -2.09. The molecule has 0 fully saturated rings. The van der Waals surface area contributed by atoms with Crippen LogP contribution in [0.5, 0.6) is 0 Å². The quantitative estimate of drug-likeness (QED) is 0.534. The van der Waals surface area contributed by atoms with Gasteiger partial charge in [-0.15, -0.1) is 0 Å². The van der Waals surface area contributed by atoms with E-state index in [0.717, 1.165) is 11.3 Å². The number of benzene rings is 1. The van der Waals surface area contributed by atoms with E-state index in [1.165, 1.54) is 4.40 Å². The van der Waals surface area contributed by atoms with E-state index in [1.807, 2.05) is 36.4 Å². The highest BCUT2D eigenvalue weighted by atomic mass is 16.1. The molecule has 0 bridgehead atoms. The number of rotatable bonds is 5. The SMILES string of the molecule is CC(C)c1ccc2nc3ccc(C(=O)NCCc4ccccn4)cn3c(=O)c2c1. The zero-order valence-electron chi connectivity index (χ0n) is 16.4. The minimum atomic E-state index is -0.231. The van der Waals surface area contributed by atoms with Gasteiger partial charge >= 0.3 is 0 Å². The largest absolute Gasteiger partial charge is 0.352 e. The topological polar surface area (TPSA) is 76.4 Å². The average molecular weight is 386 g/mol. The standard InChI is InChI=1S/C23H22N4O2/c1-15(2)16-6-8-20-19(13-16)23(29)27-14-17(7-9-21(27)26-20)22(28)25-12-10-18-5-3-4-11-24-18/h3-9,11,13-15H,10,12H2,1-2H3,(H,25,28). The summed E-state index contributed by atoms with van der Waals surface area (Å²) in [5, 5.41) is 3.43. The molecular formula is C23H22N4O2. The Kier molecular flexibility index (Phi) is 5.08. The van der Waals surface area contributed by atoms with E-state index in [0.29, 0.717) is 41.0 Å². The van der Waals surface area contributed by atoms with Crippen LogP contribution in [-0.4, -0.2) is 26.8 Å². The molecule has 4 rings (SSSR count). The maximum atomic E-state index is 13.0. The average Bonchev–Trinajstić information content (AvgIpc) is 2.74. The normalized spacial score (nSPS) is 11.3. The van der Waals surface area contributed by atoms with Gasteiger partial charge in [0.15, 0.2) is 0 Å². The lowest BCUT2D eigenvalue weighted by atomic mass is 10.0. The fourth-order valence-corrected chi connectivity index (χ4v) is 3.27. The van der Waals surface area contributed by atoms with Gasteiger partial charge in [-0.2, -0.15) is 0 Å². The summed E-state index contributed by atoms with van der Waals surface area (Å²) in [7, 11) is 0. The molecule has 0 radical (unpaired) electrons. The number of amides is 1. The second-order valence-electron chi connectivity index (χ2n) is 7.32. The number of carbonyl (C=O) groups excluding carboxylic acids is 1. The summed E-state index contributed by atoms with van der Waals surface area (Å²) in [6.45, 7) is 4.64. The van der Waals surface area contributed by atoms with Crippen LogP contribution in [-0.2, 0) is 6.42 Å². The fourth-order valence-electron chi connectivity index (χ4n) is 3.27. The molecule has 4 aromatic rings. The predicted octanol–water partition coefficient (Wildman–Crippen LogP) is 3.34. The van der Waals surface area contributed by atoms with Crippen molar-refractivity contribution >= 4 is 22.5 Å². The monoisotopic (exact) mass is 386 g/mol. The van der Waals surface area contributed by atoms with E-state index in [-0.39, 0.29) is 11.5 Å². The van der Waals surface area contributed by atoms with Crippen molar-refractivity contribution in [2.45, 2.75) is 26.2 Å². The van der Waals surface area contributed by atoms with Gasteiger partial charge in [-0.1, -0.05) is 26.0 Å². The van der Waals surface area contributed by atoms with Crippen LogP contribution >= 0.6 is 0 Å².